The van der Waals surface area contributed by atoms with Crippen molar-refractivity contribution in [1.82, 2.24) is 13.9 Å². The normalized spacial score (nSPS) is 12.5. The fourth-order valence-corrected chi connectivity index (χ4v) is 2.94. The van der Waals surface area contributed by atoms with Gasteiger partial charge in [0.1, 0.15) is 0 Å². The zero-order valence-electron chi connectivity index (χ0n) is 10.1. The van der Waals surface area contributed by atoms with Crippen molar-refractivity contribution in [2.24, 2.45) is 7.05 Å². The lowest BCUT2D eigenvalue weighted by Crippen LogP contribution is -2.28. The van der Waals surface area contributed by atoms with Crippen molar-refractivity contribution in [1.29, 1.82) is 0 Å². The van der Waals surface area contributed by atoms with E-state index < -0.39 is 10.0 Å². The van der Waals surface area contributed by atoms with Crippen LogP contribution < -0.4 is 0 Å². The molecule has 2 rings (SSSR count). The average molecular weight is 253 g/mol. The number of sulfonamides is 1. The Morgan fingerprint density at radius 2 is 2.00 bits per heavy atom. The molecule has 5 nitrogen and oxygen atoms in total. The molecule has 0 saturated heterocycles. The van der Waals surface area contributed by atoms with Gasteiger partial charge in [0.25, 0.3) is 10.0 Å². The van der Waals surface area contributed by atoms with Crippen molar-refractivity contribution in [3.05, 3.63) is 24.3 Å². The summed E-state index contributed by atoms with van der Waals surface area (Å²) in [6.07, 6.45) is 0. The molecule has 1 heterocycles. The number of nitrogens with zero attached hydrogens (tertiary/aromatic N) is 3. The van der Waals surface area contributed by atoms with Gasteiger partial charge in [-0.25, -0.2) is 13.4 Å². The Kier molecular flexibility index (Phi) is 2.92. The second-order valence-corrected chi connectivity index (χ2v) is 5.80. The fourth-order valence-electron chi connectivity index (χ4n) is 1.66. The molecular weight excluding hydrogens is 238 g/mol. The Bertz CT molecular complexity index is 646. The number of rotatable bonds is 3. The van der Waals surface area contributed by atoms with E-state index in [1.165, 1.54) is 4.31 Å². The van der Waals surface area contributed by atoms with Gasteiger partial charge in [-0.1, -0.05) is 19.1 Å². The molecule has 0 aliphatic rings. The number of hydrogen-bond acceptors (Lipinski definition) is 3. The predicted molar refractivity (Wildman–Crippen MR) is 66.2 cm³/mol. The van der Waals surface area contributed by atoms with E-state index in [1.54, 1.807) is 31.7 Å². The quantitative estimate of drug-likeness (QED) is 0.826. The minimum absolute atomic E-state index is 0.0862. The summed E-state index contributed by atoms with van der Waals surface area (Å²) in [5.74, 6) is 0. The molecule has 0 N–H and O–H groups in total. The molecule has 0 amide bonds. The number of aryl methyl sites for hydroxylation is 1. The zero-order valence-corrected chi connectivity index (χ0v) is 10.9. The highest BCUT2D eigenvalue weighted by Gasteiger charge is 2.25. The van der Waals surface area contributed by atoms with Gasteiger partial charge < -0.3 is 4.57 Å². The molecule has 1 aromatic heterocycles. The number of fused-ring (bicyclic) bond motifs is 1. The van der Waals surface area contributed by atoms with Gasteiger partial charge >= 0.3 is 0 Å². The molecule has 0 spiro atoms. The first-order valence-electron chi connectivity index (χ1n) is 5.36. The minimum Gasteiger partial charge on any atom is -0.317 e. The van der Waals surface area contributed by atoms with E-state index in [9.17, 15) is 8.42 Å². The Morgan fingerprint density at radius 1 is 1.35 bits per heavy atom. The van der Waals surface area contributed by atoms with Crippen LogP contribution in [0.15, 0.2) is 29.4 Å². The molecule has 1 aromatic carbocycles. The maximum Gasteiger partial charge on any atom is 0.276 e. The summed E-state index contributed by atoms with van der Waals surface area (Å²) in [7, 11) is -0.232. The summed E-state index contributed by atoms with van der Waals surface area (Å²) in [4.78, 5) is 4.19. The van der Waals surface area contributed by atoms with Crippen LogP contribution >= 0.6 is 0 Å². The van der Waals surface area contributed by atoms with Crippen LogP contribution in [0.3, 0.4) is 0 Å². The summed E-state index contributed by atoms with van der Waals surface area (Å²) in [5.41, 5.74) is 1.51. The molecule has 2 aromatic rings. The van der Waals surface area contributed by atoms with Crippen LogP contribution in [-0.4, -0.2) is 35.9 Å². The van der Waals surface area contributed by atoms with E-state index >= 15 is 0 Å². The fraction of sp³-hybridized carbons (Fsp3) is 0.364. The van der Waals surface area contributed by atoms with Gasteiger partial charge in [0.05, 0.1) is 11.0 Å². The summed E-state index contributed by atoms with van der Waals surface area (Å²) >= 11 is 0. The molecular formula is C11H15N3O2S. The van der Waals surface area contributed by atoms with Crippen molar-refractivity contribution in [3.8, 4) is 0 Å². The Morgan fingerprint density at radius 3 is 2.59 bits per heavy atom. The maximum absolute atomic E-state index is 12.2. The third-order valence-corrected chi connectivity index (χ3v) is 4.74. The highest BCUT2D eigenvalue weighted by Crippen LogP contribution is 2.19. The lowest BCUT2D eigenvalue weighted by molar-refractivity contribution is 0.475. The highest BCUT2D eigenvalue weighted by atomic mass is 32.2. The number of aromatic nitrogens is 2. The van der Waals surface area contributed by atoms with Crippen LogP contribution in [0.25, 0.3) is 11.0 Å². The van der Waals surface area contributed by atoms with Gasteiger partial charge in [0.15, 0.2) is 0 Å². The average Bonchev–Trinajstić information content (AvgIpc) is 2.67. The van der Waals surface area contributed by atoms with Gasteiger partial charge in [0, 0.05) is 20.6 Å². The van der Waals surface area contributed by atoms with Crippen molar-refractivity contribution in [2.75, 3.05) is 13.6 Å². The first-order valence-corrected chi connectivity index (χ1v) is 6.80. The molecule has 0 bridgehead atoms. The summed E-state index contributed by atoms with van der Waals surface area (Å²) < 4.78 is 27.3. The molecule has 92 valence electrons. The molecule has 6 heteroatoms. The smallest absolute Gasteiger partial charge is 0.276 e. The Hall–Kier alpha value is -1.40. The molecule has 0 aliphatic carbocycles. The van der Waals surface area contributed by atoms with E-state index in [0.717, 1.165) is 5.52 Å². The van der Waals surface area contributed by atoms with Crippen molar-refractivity contribution >= 4 is 21.1 Å². The van der Waals surface area contributed by atoms with E-state index in [0.29, 0.717) is 12.1 Å². The van der Waals surface area contributed by atoms with E-state index in [-0.39, 0.29) is 5.16 Å². The van der Waals surface area contributed by atoms with Crippen LogP contribution in [-0.2, 0) is 17.1 Å². The summed E-state index contributed by atoms with van der Waals surface area (Å²) in [6, 6.07) is 7.37. The van der Waals surface area contributed by atoms with Gasteiger partial charge in [-0.2, -0.15) is 4.31 Å². The van der Waals surface area contributed by atoms with E-state index in [1.807, 2.05) is 18.2 Å². The van der Waals surface area contributed by atoms with E-state index in [2.05, 4.69) is 4.98 Å². The Labute approximate surface area is 101 Å². The lowest BCUT2D eigenvalue weighted by Gasteiger charge is -2.13. The lowest BCUT2D eigenvalue weighted by atomic mass is 10.3. The highest BCUT2D eigenvalue weighted by molar-refractivity contribution is 7.89. The standard InChI is InChI=1S/C11H15N3O2S/c1-4-13(2)17(15,16)11-12-9-7-5-6-8-10(9)14(11)3/h5-8H,4H2,1-3H3. The molecule has 0 saturated carbocycles. The molecule has 0 unspecified atom stereocenters. The Balaban J connectivity index is 2.68. The maximum atomic E-state index is 12.2. The van der Waals surface area contributed by atoms with Crippen LogP contribution in [0.5, 0.6) is 0 Å². The van der Waals surface area contributed by atoms with Crippen LogP contribution in [0, 0.1) is 0 Å². The SMILES string of the molecule is CCN(C)S(=O)(=O)c1nc2ccccc2n1C. The number of benzene rings is 1. The van der Waals surface area contributed by atoms with Crippen molar-refractivity contribution in [2.45, 2.75) is 12.1 Å². The van der Waals surface area contributed by atoms with Gasteiger partial charge in [0.2, 0.25) is 5.16 Å². The van der Waals surface area contributed by atoms with Gasteiger partial charge in [-0.05, 0) is 12.1 Å². The number of hydrogen-bond donors (Lipinski definition) is 0. The van der Waals surface area contributed by atoms with Gasteiger partial charge in [-0.3, -0.25) is 0 Å². The number of para-hydroxylation sites is 2. The second-order valence-electron chi connectivity index (χ2n) is 3.86. The first-order chi connectivity index (χ1) is 7.98. The molecule has 0 atom stereocenters. The van der Waals surface area contributed by atoms with Crippen LogP contribution in [0.4, 0.5) is 0 Å². The third-order valence-electron chi connectivity index (χ3n) is 2.83. The van der Waals surface area contributed by atoms with Crippen LogP contribution in [0.1, 0.15) is 6.92 Å². The molecule has 0 radical (unpaired) electrons. The molecule has 17 heavy (non-hydrogen) atoms. The van der Waals surface area contributed by atoms with Gasteiger partial charge in [-0.15, -0.1) is 0 Å². The van der Waals surface area contributed by atoms with Crippen LogP contribution in [0.2, 0.25) is 0 Å². The number of imidazole rings is 1. The first kappa shape index (κ1) is 12.1. The molecule has 0 aliphatic heterocycles. The largest absolute Gasteiger partial charge is 0.317 e. The second kappa shape index (κ2) is 4.12. The summed E-state index contributed by atoms with van der Waals surface area (Å²) in [5, 5.41) is 0.0862. The van der Waals surface area contributed by atoms with Crippen molar-refractivity contribution < 1.29 is 8.42 Å². The third kappa shape index (κ3) is 1.83. The predicted octanol–water partition coefficient (Wildman–Crippen LogP) is 1.21. The summed E-state index contributed by atoms with van der Waals surface area (Å²) in [6.45, 7) is 2.21. The monoisotopic (exact) mass is 253 g/mol. The van der Waals surface area contributed by atoms with E-state index in [4.69, 9.17) is 0 Å². The zero-order chi connectivity index (χ0) is 12.6. The van der Waals surface area contributed by atoms with Crippen molar-refractivity contribution in [3.63, 3.8) is 0 Å². The molecule has 0 fully saturated rings. The topological polar surface area (TPSA) is 55.2 Å². The minimum atomic E-state index is -3.50.